The number of rotatable bonds is 3. The number of carbonyl (C=O) groups is 1. The SMILES string of the molecule is C=C(C)C[C@@H]1CC[C@]2(N=C=O)CC[C@]3(C)[C@H](CC[C@@H]4[C@@]5(C)CCC(=O)C(C)(C)[C@@H]5CC[C@]43C)[C@@H]12. The molecule has 0 aromatic heterocycles. The molecule has 0 radical (unpaired) electrons. The average molecular weight is 466 g/mol. The Labute approximate surface area is 207 Å². The van der Waals surface area contributed by atoms with E-state index in [4.69, 9.17) is 0 Å². The van der Waals surface area contributed by atoms with Gasteiger partial charge < -0.3 is 0 Å². The normalized spacial score (nSPS) is 51.4. The van der Waals surface area contributed by atoms with E-state index in [2.05, 4.69) is 53.1 Å². The number of Topliss-reactive ketones (excluding diaryl/α,β-unsaturated/α-hetero) is 1. The van der Waals surface area contributed by atoms with Crippen LogP contribution in [0.4, 0.5) is 0 Å². The van der Waals surface area contributed by atoms with Gasteiger partial charge in [0.1, 0.15) is 5.78 Å². The largest absolute Gasteiger partial charge is 0.299 e. The van der Waals surface area contributed by atoms with Crippen molar-refractivity contribution in [1.29, 1.82) is 0 Å². The van der Waals surface area contributed by atoms with Crippen molar-refractivity contribution in [2.75, 3.05) is 0 Å². The maximum Gasteiger partial charge on any atom is 0.235 e. The summed E-state index contributed by atoms with van der Waals surface area (Å²) in [6.07, 6.45) is 14.3. The molecule has 5 fully saturated rings. The Hall–Kier alpha value is -1.21. The van der Waals surface area contributed by atoms with Gasteiger partial charge in [0.2, 0.25) is 6.08 Å². The first kappa shape index (κ1) is 24.5. The maximum atomic E-state index is 12.9. The molecule has 5 aliphatic carbocycles. The maximum absolute atomic E-state index is 12.9. The zero-order valence-corrected chi connectivity index (χ0v) is 22.6. The fourth-order valence-corrected chi connectivity index (χ4v) is 11.5. The molecule has 34 heavy (non-hydrogen) atoms. The van der Waals surface area contributed by atoms with E-state index in [1.54, 1.807) is 0 Å². The van der Waals surface area contributed by atoms with E-state index >= 15 is 0 Å². The summed E-state index contributed by atoms with van der Waals surface area (Å²) < 4.78 is 0. The predicted octanol–water partition coefficient (Wildman–Crippen LogP) is 7.69. The van der Waals surface area contributed by atoms with Gasteiger partial charge >= 0.3 is 0 Å². The van der Waals surface area contributed by atoms with Crippen LogP contribution in [0.25, 0.3) is 0 Å². The van der Waals surface area contributed by atoms with Gasteiger partial charge in [-0.15, -0.1) is 6.58 Å². The third-order valence-corrected chi connectivity index (χ3v) is 13.1. The van der Waals surface area contributed by atoms with Gasteiger partial charge in [0.05, 0.1) is 5.54 Å². The highest BCUT2D eigenvalue weighted by molar-refractivity contribution is 5.85. The molecule has 3 nitrogen and oxygen atoms in total. The number of fused-ring (bicyclic) bond motifs is 7. The van der Waals surface area contributed by atoms with Crippen LogP contribution in [0.5, 0.6) is 0 Å². The second kappa shape index (κ2) is 7.64. The Morgan fingerprint density at radius 3 is 2.35 bits per heavy atom. The number of hydrogen-bond donors (Lipinski definition) is 0. The van der Waals surface area contributed by atoms with Crippen molar-refractivity contribution in [2.24, 2.45) is 56.2 Å². The van der Waals surface area contributed by atoms with Crippen molar-refractivity contribution < 1.29 is 9.59 Å². The molecule has 5 saturated carbocycles. The average Bonchev–Trinajstić information content (AvgIpc) is 3.10. The van der Waals surface area contributed by atoms with E-state index in [1.165, 1.54) is 44.1 Å². The molecule has 5 rings (SSSR count). The Bertz CT molecular complexity index is 945. The Kier molecular flexibility index (Phi) is 5.50. The minimum absolute atomic E-state index is 0.185. The van der Waals surface area contributed by atoms with Gasteiger partial charge in [-0.3, -0.25) is 4.79 Å². The molecule has 188 valence electrons. The van der Waals surface area contributed by atoms with Crippen LogP contribution in [0.2, 0.25) is 0 Å². The Balaban J connectivity index is 1.55. The number of hydrogen-bond acceptors (Lipinski definition) is 3. The summed E-state index contributed by atoms with van der Waals surface area (Å²) in [5.41, 5.74) is 1.69. The topological polar surface area (TPSA) is 46.5 Å². The molecule has 0 amide bonds. The smallest absolute Gasteiger partial charge is 0.235 e. The van der Waals surface area contributed by atoms with Crippen LogP contribution in [0.15, 0.2) is 17.1 Å². The number of carbonyl (C=O) groups excluding carboxylic acids is 2. The summed E-state index contributed by atoms with van der Waals surface area (Å²) in [6, 6.07) is 0. The minimum atomic E-state index is -0.190. The highest BCUT2D eigenvalue weighted by Gasteiger charge is 2.71. The van der Waals surface area contributed by atoms with Crippen molar-refractivity contribution >= 4 is 11.9 Å². The lowest BCUT2D eigenvalue weighted by atomic mass is 9.33. The highest BCUT2D eigenvalue weighted by Crippen LogP contribution is 2.76. The summed E-state index contributed by atoms with van der Waals surface area (Å²) >= 11 is 0. The molecule has 5 aliphatic rings. The molecule has 0 saturated heterocycles. The van der Waals surface area contributed by atoms with Gasteiger partial charge in [-0.05, 0) is 117 Å². The second-order valence-electron chi connectivity index (χ2n) is 14.6. The van der Waals surface area contributed by atoms with E-state index in [0.29, 0.717) is 35.4 Å². The van der Waals surface area contributed by atoms with Crippen molar-refractivity contribution in [3.05, 3.63) is 12.2 Å². The first-order valence-electron chi connectivity index (χ1n) is 14.1. The quantitative estimate of drug-likeness (QED) is 0.244. The third kappa shape index (κ3) is 2.98. The van der Waals surface area contributed by atoms with Gasteiger partial charge in [-0.2, -0.15) is 4.99 Å². The predicted molar refractivity (Wildman–Crippen MR) is 137 cm³/mol. The van der Waals surface area contributed by atoms with Crippen molar-refractivity contribution in [2.45, 2.75) is 118 Å². The summed E-state index contributed by atoms with van der Waals surface area (Å²) in [5, 5.41) is 0. The molecule has 0 unspecified atom stereocenters. The molecule has 0 heterocycles. The lowest BCUT2D eigenvalue weighted by Gasteiger charge is -2.72. The van der Waals surface area contributed by atoms with Gasteiger partial charge in [0.15, 0.2) is 0 Å². The second-order valence-corrected chi connectivity index (χ2v) is 14.6. The van der Waals surface area contributed by atoms with Crippen molar-refractivity contribution in [3.8, 4) is 0 Å². The number of isocyanates is 1. The van der Waals surface area contributed by atoms with E-state index in [1.807, 2.05) is 6.08 Å². The van der Waals surface area contributed by atoms with Gasteiger partial charge in [0.25, 0.3) is 0 Å². The van der Waals surface area contributed by atoms with E-state index < -0.39 is 0 Å². The molecule has 0 aliphatic heterocycles. The third-order valence-electron chi connectivity index (χ3n) is 13.1. The molecule has 3 heteroatoms. The fourth-order valence-electron chi connectivity index (χ4n) is 11.5. The lowest BCUT2D eigenvalue weighted by Crippen LogP contribution is -2.66. The zero-order chi connectivity index (χ0) is 24.7. The van der Waals surface area contributed by atoms with Gasteiger partial charge in [-0.1, -0.05) is 40.2 Å². The van der Waals surface area contributed by atoms with E-state index in [-0.39, 0.29) is 27.2 Å². The number of aliphatic imine (C=N–C) groups is 1. The lowest BCUT2D eigenvalue weighted by molar-refractivity contribution is -0.227. The molecule has 0 spiro atoms. The minimum Gasteiger partial charge on any atom is -0.299 e. The fraction of sp³-hybridized carbons (Fsp3) is 0.871. The molecule has 0 N–H and O–H groups in total. The Morgan fingerprint density at radius 1 is 0.941 bits per heavy atom. The first-order valence-corrected chi connectivity index (χ1v) is 14.1. The molecule has 0 bridgehead atoms. The van der Waals surface area contributed by atoms with Crippen LogP contribution < -0.4 is 0 Å². The van der Waals surface area contributed by atoms with Gasteiger partial charge in [-0.25, -0.2) is 4.79 Å². The van der Waals surface area contributed by atoms with Crippen LogP contribution in [0, 0.1) is 51.2 Å². The number of ketones is 1. The van der Waals surface area contributed by atoms with Crippen molar-refractivity contribution in [1.82, 2.24) is 0 Å². The van der Waals surface area contributed by atoms with Crippen LogP contribution in [0.1, 0.15) is 112 Å². The molecule has 9 atom stereocenters. The van der Waals surface area contributed by atoms with E-state index in [9.17, 15) is 9.59 Å². The van der Waals surface area contributed by atoms with Crippen LogP contribution in [0.3, 0.4) is 0 Å². The van der Waals surface area contributed by atoms with E-state index in [0.717, 1.165) is 32.1 Å². The summed E-state index contributed by atoms with van der Waals surface area (Å²) in [7, 11) is 0. The summed E-state index contributed by atoms with van der Waals surface area (Å²) in [4.78, 5) is 29.2. The van der Waals surface area contributed by atoms with Crippen LogP contribution in [-0.4, -0.2) is 17.4 Å². The molecule has 0 aromatic rings. The monoisotopic (exact) mass is 465 g/mol. The highest BCUT2D eigenvalue weighted by atomic mass is 16.1. The molecular weight excluding hydrogens is 418 g/mol. The standard InChI is InChI=1S/C31H47NO2/c1-20(2)18-21-10-15-31(32-19-33)17-16-29(6)22(26(21)31)8-9-24-28(5)13-12-25(34)27(3,4)23(28)11-14-30(24,29)7/h21-24,26H,1,8-18H2,2-7H3/t21-,22+,23-,24+,26+,28-,29+,30+,31-/m0/s1. The van der Waals surface area contributed by atoms with Crippen molar-refractivity contribution in [3.63, 3.8) is 0 Å². The van der Waals surface area contributed by atoms with Crippen LogP contribution in [-0.2, 0) is 9.59 Å². The molecule has 0 aromatic carbocycles. The number of nitrogens with zero attached hydrogens (tertiary/aromatic N) is 1. The molecular formula is C31H47NO2. The summed E-state index contributed by atoms with van der Waals surface area (Å²) in [6.45, 7) is 18.7. The summed E-state index contributed by atoms with van der Waals surface area (Å²) in [5.74, 6) is 3.36. The zero-order valence-electron chi connectivity index (χ0n) is 22.6. The van der Waals surface area contributed by atoms with Gasteiger partial charge in [0, 0.05) is 11.8 Å². The van der Waals surface area contributed by atoms with Crippen LogP contribution >= 0.6 is 0 Å². The first-order chi connectivity index (χ1) is 15.9. The Morgan fingerprint density at radius 2 is 1.68 bits per heavy atom. The number of allylic oxidation sites excluding steroid dienone is 1.